The van der Waals surface area contributed by atoms with Gasteiger partial charge in [-0.1, -0.05) is 12.1 Å². The van der Waals surface area contributed by atoms with Gasteiger partial charge in [0.25, 0.3) is 0 Å². The van der Waals surface area contributed by atoms with Gasteiger partial charge in [0, 0.05) is 49.2 Å². The molecule has 0 bridgehead atoms. The lowest BCUT2D eigenvalue weighted by molar-refractivity contribution is -0.105. The number of alkyl halides is 3. The molecule has 1 aliphatic rings. The number of rotatable bonds is 5. The second-order valence-electron chi connectivity index (χ2n) is 7.77. The van der Waals surface area contributed by atoms with E-state index in [1.165, 1.54) is 11.6 Å². The molecule has 3 aromatic rings. The van der Waals surface area contributed by atoms with E-state index in [1.54, 1.807) is 19.2 Å². The summed E-state index contributed by atoms with van der Waals surface area (Å²) in [6.07, 6.45) is -2.48. The minimum absolute atomic E-state index is 0.381. The molecular weight excluding hydrogens is 426 g/mol. The topological polar surface area (TPSA) is 19.4 Å². The second kappa shape index (κ2) is 9.04. The fourth-order valence-corrected chi connectivity index (χ4v) is 4.63. The summed E-state index contributed by atoms with van der Waals surface area (Å²) in [4.78, 5) is 9.04. The molecule has 0 atom stereocenters. The van der Waals surface area contributed by atoms with Crippen molar-refractivity contribution in [3.05, 3.63) is 65.6 Å². The minimum atomic E-state index is -4.25. The fourth-order valence-electron chi connectivity index (χ4n) is 3.83. The lowest BCUT2D eigenvalue weighted by Gasteiger charge is -2.36. The first-order valence-corrected chi connectivity index (χ1v) is 11.1. The van der Waals surface area contributed by atoms with Gasteiger partial charge in [-0.25, -0.2) is 4.39 Å². The van der Waals surface area contributed by atoms with Crippen LogP contribution < -0.4 is 4.90 Å². The van der Waals surface area contributed by atoms with Crippen LogP contribution in [0, 0.1) is 12.7 Å². The normalized spacial score (nSPS) is 15.6. The number of piperazine rings is 1. The van der Waals surface area contributed by atoms with E-state index in [0.29, 0.717) is 41.0 Å². The Kier molecular flexibility index (Phi) is 6.39. The average Bonchev–Trinajstić information content (AvgIpc) is 2.73. The number of nitrogens with zero attached hydrogens (tertiary/aromatic N) is 3. The maximum Gasteiger partial charge on any atom is 0.398 e. The van der Waals surface area contributed by atoms with Crippen LogP contribution in [0.3, 0.4) is 0 Å². The van der Waals surface area contributed by atoms with Crippen LogP contribution in [0.5, 0.6) is 0 Å². The van der Waals surface area contributed by atoms with E-state index in [9.17, 15) is 17.6 Å². The van der Waals surface area contributed by atoms with Gasteiger partial charge in [-0.05, 0) is 48.4 Å². The second-order valence-corrected chi connectivity index (χ2v) is 8.78. The third-order valence-corrected chi connectivity index (χ3v) is 6.64. The van der Waals surface area contributed by atoms with Crippen molar-refractivity contribution in [3.63, 3.8) is 0 Å². The molecule has 0 saturated carbocycles. The number of anilines is 1. The molecule has 0 aliphatic carbocycles. The molecule has 0 amide bonds. The highest BCUT2D eigenvalue weighted by atomic mass is 32.2. The first-order valence-electron chi connectivity index (χ1n) is 10.1. The molecular formula is C23H23F4N3S. The molecule has 0 spiro atoms. The van der Waals surface area contributed by atoms with E-state index in [-0.39, 0.29) is 5.82 Å². The van der Waals surface area contributed by atoms with E-state index in [1.807, 2.05) is 23.1 Å². The van der Waals surface area contributed by atoms with Crippen molar-refractivity contribution in [1.82, 2.24) is 9.88 Å². The Bertz CT molecular complexity index is 1060. The van der Waals surface area contributed by atoms with Crippen LogP contribution in [0.1, 0.15) is 11.1 Å². The Morgan fingerprint density at radius 2 is 1.81 bits per heavy atom. The number of hydrogen-bond acceptors (Lipinski definition) is 4. The van der Waals surface area contributed by atoms with Gasteiger partial charge in [0.1, 0.15) is 5.82 Å². The zero-order chi connectivity index (χ0) is 22.0. The lowest BCUT2D eigenvalue weighted by Crippen LogP contribution is -2.46. The molecule has 4 rings (SSSR count). The quantitative estimate of drug-likeness (QED) is 0.370. The number of thioether (sulfide) groups is 1. The van der Waals surface area contributed by atoms with Gasteiger partial charge in [0.2, 0.25) is 0 Å². The highest BCUT2D eigenvalue weighted by Crippen LogP contribution is 2.34. The van der Waals surface area contributed by atoms with Crippen molar-refractivity contribution in [2.45, 2.75) is 24.5 Å². The van der Waals surface area contributed by atoms with Crippen LogP contribution in [0.2, 0.25) is 0 Å². The Balaban J connectivity index is 1.40. The van der Waals surface area contributed by atoms with Crippen molar-refractivity contribution in [2.24, 2.45) is 0 Å². The van der Waals surface area contributed by atoms with Gasteiger partial charge in [0.15, 0.2) is 0 Å². The van der Waals surface area contributed by atoms with Crippen molar-refractivity contribution < 1.29 is 17.6 Å². The van der Waals surface area contributed by atoms with Crippen molar-refractivity contribution in [3.8, 4) is 0 Å². The highest BCUT2D eigenvalue weighted by Gasteiger charge is 2.28. The number of fused-ring (bicyclic) bond motifs is 1. The number of benzene rings is 2. The van der Waals surface area contributed by atoms with Crippen molar-refractivity contribution in [2.75, 3.05) is 36.8 Å². The van der Waals surface area contributed by atoms with Crippen LogP contribution >= 0.6 is 11.8 Å². The van der Waals surface area contributed by atoms with E-state index in [4.69, 9.17) is 0 Å². The number of aryl methyl sites for hydroxylation is 1. The summed E-state index contributed by atoms with van der Waals surface area (Å²) in [5.74, 6) is -1.36. The SMILES string of the molecule is Cc1cc(F)c(N2CCN(Cc3ccc4ncccc4c3)CC2)cc1SCC(F)(F)F. The van der Waals surface area contributed by atoms with Gasteiger partial charge < -0.3 is 4.90 Å². The summed E-state index contributed by atoms with van der Waals surface area (Å²) in [6.45, 7) is 5.19. The van der Waals surface area contributed by atoms with Crippen molar-refractivity contribution in [1.29, 1.82) is 0 Å². The lowest BCUT2D eigenvalue weighted by atomic mass is 10.1. The monoisotopic (exact) mass is 449 g/mol. The standard InChI is InChI=1S/C23H23F4N3S/c1-16-11-19(24)21(13-22(16)31-15-23(25,26)27)30-9-7-29(8-10-30)14-17-4-5-20-18(12-17)3-2-6-28-20/h2-6,11-13H,7-10,14-15H2,1H3. The van der Waals surface area contributed by atoms with Crippen LogP contribution in [0.25, 0.3) is 10.9 Å². The molecule has 1 aromatic heterocycles. The zero-order valence-corrected chi connectivity index (χ0v) is 17.9. The predicted molar refractivity (Wildman–Crippen MR) is 117 cm³/mol. The fraction of sp³-hybridized carbons (Fsp3) is 0.348. The van der Waals surface area contributed by atoms with Crippen LogP contribution in [0.15, 0.2) is 53.6 Å². The Hall–Kier alpha value is -2.32. The molecule has 0 unspecified atom stereocenters. The first-order chi connectivity index (χ1) is 14.8. The third-order valence-electron chi connectivity index (χ3n) is 5.42. The van der Waals surface area contributed by atoms with Gasteiger partial charge >= 0.3 is 6.18 Å². The smallest absolute Gasteiger partial charge is 0.367 e. The first kappa shape index (κ1) is 21.9. The summed E-state index contributed by atoms with van der Waals surface area (Å²) < 4.78 is 52.4. The average molecular weight is 450 g/mol. The molecule has 2 heterocycles. The van der Waals surface area contributed by atoms with Crippen LogP contribution in [-0.4, -0.2) is 48.0 Å². The molecule has 3 nitrogen and oxygen atoms in total. The molecule has 1 fully saturated rings. The molecule has 31 heavy (non-hydrogen) atoms. The van der Waals surface area contributed by atoms with E-state index < -0.39 is 11.9 Å². The third kappa shape index (κ3) is 5.49. The van der Waals surface area contributed by atoms with Crippen LogP contribution in [-0.2, 0) is 6.54 Å². The summed E-state index contributed by atoms with van der Waals surface area (Å²) in [5, 5.41) is 1.10. The summed E-state index contributed by atoms with van der Waals surface area (Å²) in [6, 6.07) is 13.1. The van der Waals surface area contributed by atoms with Crippen molar-refractivity contribution >= 4 is 28.4 Å². The molecule has 0 radical (unpaired) electrons. The molecule has 1 aliphatic heterocycles. The molecule has 0 N–H and O–H groups in total. The van der Waals surface area contributed by atoms with Gasteiger partial charge in [-0.15, -0.1) is 11.8 Å². The zero-order valence-electron chi connectivity index (χ0n) is 17.1. The number of hydrogen-bond donors (Lipinski definition) is 0. The van der Waals surface area contributed by atoms with Gasteiger partial charge in [0.05, 0.1) is 17.0 Å². The molecule has 2 aromatic carbocycles. The number of halogens is 4. The Morgan fingerprint density at radius 3 is 2.55 bits per heavy atom. The molecule has 164 valence electrons. The summed E-state index contributed by atoms with van der Waals surface area (Å²) in [7, 11) is 0. The number of aromatic nitrogens is 1. The molecule has 1 saturated heterocycles. The maximum atomic E-state index is 14.6. The molecule has 8 heteroatoms. The summed E-state index contributed by atoms with van der Waals surface area (Å²) in [5.41, 5.74) is 3.07. The van der Waals surface area contributed by atoms with E-state index >= 15 is 0 Å². The summed E-state index contributed by atoms with van der Waals surface area (Å²) >= 11 is 0.710. The number of pyridine rings is 1. The largest absolute Gasteiger partial charge is 0.398 e. The van der Waals surface area contributed by atoms with Gasteiger partial charge in [-0.3, -0.25) is 9.88 Å². The minimum Gasteiger partial charge on any atom is -0.367 e. The van der Waals surface area contributed by atoms with E-state index in [2.05, 4.69) is 22.0 Å². The van der Waals surface area contributed by atoms with Crippen LogP contribution in [0.4, 0.5) is 23.2 Å². The Morgan fingerprint density at radius 1 is 1.03 bits per heavy atom. The Labute approximate surface area is 183 Å². The maximum absolute atomic E-state index is 14.6. The predicted octanol–water partition coefficient (Wildman–Crippen LogP) is 5.66. The van der Waals surface area contributed by atoms with Gasteiger partial charge in [-0.2, -0.15) is 13.2 Å². The van der Waals surface area contributed by atoms with E-state index in [0.717, 1.165) is 30.5 Å². The highest BCUT2D eigenvalue weighted by molar-refractivity contribution is 7.99.